The maximum Gasteiger partial charge on any atom is 0.321 e. The van der Waals surface area contributed by atoms with Crippen molar-refractivity contribution in [1.29, 1.82) is 0 Å². The Morgan fingerprint density at radius 2 is 2.30 bits per heavy atom. The van der Waals surface area contributed by atoms with E-state index in [1.54, 1.807) is 6.92 Å². The number of carbonyl (C=O) groups excluding carboxylic acids is 1. The molecule has 4 heteroatoms. The minimum absolute atomic E-state index is 0.322. The van der Waals surface area contributed by atoms with Gasteiger partial charge in [-0.15, -0.1) is 0 Å². The number of ether oxygens (including phenoxy) is 1. The molecule has 0 fully saturated rings. The molecular weight excluding hydrogens is 152 g/mol. The number of carbonyl (C=O) groups is 1. The highest BCUT2D eigenvalue weighted by Crippen LogP contribution is 2.03. The molecule has 0 aliphatic heterocycles. The van der Waals surface area contributed by atoms with Crippen LogP contribution < -0.4 is 0 Å². The van der Waals surface area contributed by atoms with Crippen molar-refractivity contribution in [2.75, 3.05) is 6.61 Å². The van der Waals surface area contributed by atoms with E-state index < -0.39 is 17.3 Å². The maximum absolute atomic E-state index is 10.7. The molecule has 10 heavy (non-hydrogen) atoms. The first-order valence-corrected chi connectivity index (χ1v) is 3.64. The van der Waals surface area contributed by atoms with Crippen molar-refractivity contribution < 1.29 is 14.6 Å². The molecule has 0 amide bonds. The van der Waals surface area contributed by atoms with Crippen molar-refractivity contribution in [2.45, 2.75) is 25.2 Å². The summed E-state index contributed by atoms with van der Waals surface area (Å²) in [6.45, 7) is 3.53. The van der Waals surface area contributed by atoms with Gasteiger partial charge >= 0.3 is 5.97 Å². The third-order valence-corrected chi connectivity index (χ3v) is 1.63. The van der Waals surface area contributed by atoms with Crippen LogP contribution in [0.4, 0.5) is 0 Å². The molecule has 0 aromatic carbocycles. The van der Waals surface area contributed by atoms with Gasteiger partial charge in [-0.2, -0.15) is 12.6 Å². The lowest BCUT2D eigenvalue weighted by Gasteiger charge is -2.11. The standard InChI is InChI=1S/C6H12O3S/c1-3-9-6(8)5(10)4(2)7/h4-5,7,10H,3H2,1-2H3. The quantitative estimate of drug-likeness (QED) is 0.463. The van der Waals surface area contributed by atoms with Crippen molar-refractivity contribution in [3.05, 3.63) is 0 Å². The van der Waals surface area contributed by atoms with Gasteiger partial charge < -0.3 is 9.84 Å². The molecule has 0 saturated heterocycles. The van der Waals surface area contributed by atoms with Crippen molar-refractivity contribution in [2.24, 2.45) is 0 Å². The molecule has 2 unspecified atom stereocenters. The van der Waals surface area contributed by atoms with E-state index in [1.807, 2.05) is 0 Å². The SMILES string of the molecule is CCOC(=O)C(S)C(C)O. The Hall–Kier alpha value is -0.220. The summed E-state index contributed by atoms with van der Waals surface area (Å²) in [5.74, 6) is -0.471. The van der Waals surface area contributed by atoms with Gasteiger partial charge in [0, 0.05) is 0 Å². The zero-order valence-electron chi connectivity index (χ0n) is 6.07. The molecule has 60 valence electrons. The van der Waals surface area contributed by atoms with Crippen molar-refractivity contribution in [3.8, 4) is 0 Å². The monoisotopic (exact) mass is 164 g/mol. The summed E-state index contributed by atoms with van der Waals surface area (Å²) in [5, 5.41) is 8.12. The van der Waals surface area contributed by atoms with Crippen LogP contribution in [0, 0.1) is 0 Å². The van der Waals surface area contributed by atoms with Crippen LogP contribution in [0.3, 0.4) is 0 Å². The van der Waals surface area contributed by atoms with Gasteiger partial charge in [0.1, 0.15) is 5.25 Å². The fourth-order valence-corrected chi connectivity index (χ4v) is 0.499. The van der Waals surface area contributed by atoms with Crippen LogP contribution in [-0.4, -0.2) is 29.0 Å². The molecule has 0 heterocycles. The maximum atomic E-state index is 10.7. The Kier molecular flexibility index (Phi) is 4.47. The molecule has 0 aliphatic rings. The van der Waals surface area contributed by atoms with Crippen LogP contribution >= 0.6 is 12.6 Å². The predicted octanol–water partition coefficient (Wildman–Crippen LogP) is 0.229. The van der Waals surface area contributed by atoms with Crippen molar-refractivity contribution >= 4 is 18.6 Å². The van der Waals surface area contributed by atoms with Gasteiger partial charge in [-0.25, -0.2) is 0 Å². The number of rotatable bonds is 3. The zero-order chi connectivity index (χ0) is 8.15. The van der Waals surface area contributed by atoms with E-state index >= 15 is 0 Å². The second kappa shape index (κ2) is 4.57. The average Bonchev–Trinajstić information content (AvgIpc) is 1.87. The van der Waals surface area contributed by atoms with E-state index in [2.05, 4.69) is 17.4 Å². The third-order valence-electron chi connectivity index (χ3n) is 0.985. The van der Waals surface area contributed by atoms with E-state index in [1.165, 1.54) is 6.92 Å². The number of aliphatic hydroxyl groups is 1. The van der Waals surface area contributed by atoms with E-state index in [9.17, 15) is 4.79 Å². The summed E-state index contributed by atoms with van der Waals surface area (Å²) in [7, 11) is 0. The molecule has 0 rings (SSSR count). The number of esters is 1. The van der Waals surface area contributed by atoms with Crippen LogP contribution in [0.2, 0.25) is 0 Å². The Labute approximate surface area is 65.8 Å². The first-order chi connectivity index (χ1) is 4.59. The number of aliphatic hydroxyl groups excluding tert-OH is 1. The Morgan fingerprint density at radius 3 is 2.60 bits per heavy atom. The summed E-state index contributed by atoms with van der Waals surface area (Å²) >= 11 is 3.83. The fraction of sp³-hybridized carbons (Fsp3) is 0.833. The molecular formula is C6H12O3S. The lowest BCUT2D eigenvalue weighted by atomic mass is 10.3. The Balaban J connectivity index is 3.71. The topological polar surface area (TPSA) is 46.5 Å². The number of thiol groups is 1. The molecule has 1 N–H and O–H groups in total. The van der Waals surface area contributed by atoms with E-state index in [0.717, 1.165) is 0 Å². The lowest BCUT2D eigenvalue weighted by Crippen LogP contribution is -2.28. The molecule has 0 saturated carbocycles. The smallest absolute Gasteiger partial charge is 0.321 e. The normalized spacial score (nSPS) is 16.0. The van der Waals surface area contributed by atoms with Gasteiger partial charge in [0.25, 0.3) is 0 Å². The number of hydrogen-bond donors (Lipinski definition) is 2. The molecule has 0 spiro atoms. The Morgan fingerprint density at radius 1 is 1.80 bits per heavy atom. The minimum Gasteiger partial charge on any atom is -0.465 e. The van der Waals surface area contributed by atoms with Crippen molar-refractivity contribution in [1.82, 2.24) is 0 Å². The van der Waals surface area contributed by atoms with Crippen LogP contribution in [0.5, 0.6) is 0 Å². The average molecular weight is 164 g/mol. The van der Waals surface area contributed by atoms with Crippen LogP contribution in [0.15, 0.2) is 0 Å². The molecule has 0 aromatic heterocycles. The fourth-order valence-electron chi connectivity index (χ4n) is 0.425. The molecule has 0 radical (unpaired) electrons. The highest BCUT2D eigenvalue weighted by Gasteiger charge is 2.19. The largest absolute Gasteiger partial charge is 0.465 e. The lowest BCUT2D eigenvalue weighted by molar-refractivity contribution is -0.144. The summed E-state index contributed by atoms with van der Waals surface area (Å²) in [5.41, 5.74) is 0. The number of hydrogen-bond acceptors (Lipinski definition) is 4. The summed E-state index contributed by atoms with van der Waals surface area (Å²) < 4.78 is 4.59. The third kappa shape index (κ3) is 3.08. The van der Waals surface area contributed by atoms with Crippen LogP contribution in [-0.2, 0) is 9.53 Å². The van der Waals surface area contributed by atoms with E-state index in [4.69, 9.17) is 5.11 Å². The zero-order valence-corrected chi connectivity index (χ0v) is 6.97. The Bertz CT molecular complexity index is 114. The summed E-state index contributed by atoms with van der Waals surface area (Å²) in [6.07, 6.45) is -0.762. The molecule has 0 aromatic rings. The highest BCUT2D eigenvalue weighted by atomic mass is 32.1. The van der Waals surface area contributed by atoms with E-state index in [-0.39, 0.29) is 0 Å². The minimum atomic E-state index is -0.762. The van der Waals surface area contributed by atoms with Crippen LogP contribution in [0.1, 0.15) is 13.8 Å². The van der Waals surface area contributed by atoms with Gasteiger partial charge in [0.2, 0.25) is 0 Å². The molecule has 0 bridgehead atoms. The first-order valence-electron chi connectivity index (χ1n) is 3.12. The van der Waals surface area contributed by atoms with Gasteiger partial charge in [-0.1, -0.05) is 0 Å². The molecule has 3 nitrogen and oxygen atoms in total. The van der Waals surface area contributed by atoms with Gasteiger partial charge in [-0.05, 0) is 13.8 Å². The van der Waals surface area contributed by atoms with Gasteiger partial charge in [0.15, 0.2) is 0 Å². The second-order valence-corrected chi connectivity index (χ2v) is 2.49. The summed E-state index contributed by atoms with van der Waals surface area (Å²) in [4.78, 5) is 10.7. The summed E-state index contributed by atoms with van der Waals surface area (Å²) in [6, 6.07) is 0. The second-order valence-electron chi connectivity index (χ2n) is 1.94. The van der Waals surface area contributed by atoms with Gasteiger partial charge in [0.05, 0.1) is 12.7 Å². The predicted molar refractivity (Wildman–Crippen MR) is 41.1 cm³/mol. The van der Waals surface area contributed by atoms with Gasteiger partial charge in [-0.3, -0.25) is 4.79 Å². The highest BCUT2D eigenvalue weighted by molar-refractivity contribution is 7.81. The first kappa shape index (κ1) is 9.78. The van der Waals surface area contributed by atoms with E-state index in [0.29, 0.717) is 6.61 Å². The molecule has 2 atom stereocenters. The van der Waals surface area contributed by atoms with Crippen molar-refractivity contribution in [3.63, 3.8) is 0 Å². The molecule has 0 aliphatic carbocycles. The van der Waals surface area contributed by atoms with Crippen LogP contribution in [0.25, 0.3) is 0 Å².